The molecule has 8 heteroatoms. The van der Waals surface area contributed by atoms with E-state index >= 15 is 0 Å². The fourth-order valence-electron chi connectivity index (χ4n) is 3.01. The van der Waals surface area contributed by atoms with Crippen LogP contribution in [0.4, 0.5) is 4.79 Å². The van der Waals surface area contributed by atoms with Gasteiger partial charge in [-0.2, -0.15) is 4.98 Å². The van der Waals surface area contributed by atoms with Crippen LogP contribution in [0.5, 0.6) is 0 Å². The summed E-state index contributed by atoms with van der Waals surface area (Å²) in [6.07, 6.45) is 6.04. The van der Waals surface area contributed by atoms with E-state index in [1.807, 2.05) is 0 Å². The van der Waals surface area contributed by atoms with Gasteiger partial charge in [0.05, 0.1) is 12.8 Å². The molecule has 2 amide bonds. The van der Waals surface area contributed by atoms with Crippen LogP contribution >= 0.6 is 0 Å². The zero-order chi connectivity index (χ0) is 17.9. The monoisotopic (exact) mass is 348 g/mol. The van der Waals surface area contributed by atoms with Crippen molar-refractivity contribution < 1.29 is 18.8 Å². The normalized spacial score (nSPS) is 18.7. The minimum absolute atomic E-state index is 0.0101. The molecule has 3 N–H and O–H groups in total. The van der Waals surface area contributed by atoms with E-state index in [2.05, 4.69) is 20.8 Å². The molecule has 2 aromatic heterocycles. The van der Waals surface area contributed by atoms with Crippen molar-refractivity contribution in [2.45, 2.75) is 57.1 Å². The Kier molecular flexibility index (Phi) is 5.08. The second-order valence-corrected chi connectivity index (χ2v) is 6.77. The van der Waals surface area contributed by atoms with Crippen LogP contribution in [-0.4, -0.2) is 27.8 Å². The Morgan fingerprint density at radius 3 is 2.92 bits per heavy atom. The number of hydrogen-bond acceptors (Lipinski definition) is 6. The molecule has 0 saturated heterocycles. The Bertz CT molecular complexity index is 689. The number of amides is 2. The number of nitrogens with one attached hydrogen (secondary N) is 2. The molecule has 0 bridgehead atoms. The summed E-state index contributed by atoms with van der Waals surface area (Å²) < 4.78 is 10.5. The van der Waals surface area contributed by atoms with Crippen LogP contribution in [0.15, 0.2) is 27.3 Å². The van der Waals surface area contributed by atoms with Crippen molar-refractivity contribution in [3.8, 4) is 0 Å². The van der Waals surface area contributed by atoms with Gasteiger partial charge in [-0.3, -0.25) is 0 Å². The molecule has 1 fully saturated rings. The number of hydrogen-bond donors (Lipinski definition) is 3. The molecule has 0 radical (unpaired) electrons. The van der Waals surface area contributed by atoms with Crippen molar-refractivity contribution in [2.75, 3.05) is 6.54 Å². The summed E-state index contributed by atoms with van der Waals surface area (Å²) in [5.41, 5.74) is -1.29. The highest BCUT2D eigenvalue weighted by atomic mass is 16.5. The summed E-state index contributed by atoms with van der Waals surface area (Å²) in [6, 6.07) is 2.49. The first-order valence-corrected chi connectivity index (χ1v) is 8.60. The third kappa shape index (κ3) is 4.19. The van der Waals surface area contributed by atoms with Gasteiger partial charge in [-0.1, -0.05) is 18.0 Å². The van der Waals surface area contributed by atoms with E-state index in [-0.39, 0.29) is 6.54 Å². The minimum atomic E-state index is -1.29. The van der Waals surface area contributed by atoms with E-state index < -0.39 is 17.7 Å². The van der Waals surface area contributed by atoms with Gasteiger partial charge in [0.15, 0.2) is 5.82 Å². The number of urea groups is 1. The standard InChI is InChI=1S/C17H24N4O4/c1-11(15-20-14(21-25-15)12-6-3-4-7-12)19-16(22)18-10-17(2,23)13-8-5-9-24-13/h5,8-9,11-12,23H,3-4,6-7,10H2,1-2H3,(H2,18,19,22)/t11-,17+/m1/s1. The van der Waals surface area contributed by atoms with E-state index in [1.165, 1.54) is 19.1 Å². The van der Waals surface area contributed by atoms with Crippen LogP contribution in [0.25, 0.3) is 0 Å². The maximum Gasteiger partial charge on any atom is 0.315 e. The van der Waals surface area contributed by atoms with Crippen LogP contribution in [0.3, 0.4) is 0 Å². The highest BCUT2D eigenvalue weighted by molar-refractivity contribution is 5.74. The molecule has 0 aromatic carbocycles. The third-order valence-corrected chi connectivity index (χ3v) is 4.54. The van der Waals surface area contributed by atoms with Gasteiger partial charge in [0.1, 0.15) is 17.4 Å². The molecule has 0 aliphatic heterocycles. The largest absolute Gasteiger partial charge is 0.466 e. The number of aromatic nitrogens is 2. The maximum absolute atomic E-state index is 12.1. The molecule has 1 aliphatic carbocycles. The zero-order valence-electron chi connectivity index (χ0n) is 14.5. The molecule has 1 saturated carbocycles. The summed E-state index contributed by atoms with van der Waals surface area (Å²) >= 11 is 0. The highest BCUT2D eigenvalue weighted by Crippen LogP contribution is 2.32. The molecule has 8 nitrogen and oxygen atoms in total. The fourth-order valence-corrected chi connectivity index (χ4v) is 3.01. The van der Waals surface area contributed by atoms with Gasteiger partial charge in [-0.25, -0.2) is 4.79 Å². The summed E-state index contributed by atoms with van der Waals surface area (Å²) in [4.78, 5) is 16.5. The van der Waals surface area contributed by atoms with E-state index in [4.69, 9.17) is 8.94 Å². The first-order chi connectivity index (χ1) is 12.0. The topological polar surface area (TPSA) is 113 Å². The van der Waals surface area contributed by atoms with Crippen LogP contribution in [0, 0.1) is 0 Å². The molecular formula is C17H24N4O4. The molecule has 136 valence electrons. The predicted molar refractivity (Wildman–Crippen MR) is 88.7 cm³/mol. The Hall–Kier alpha value is -2.35. The van der Waals surface area contributed by atoms with E-state index in [0.717, 1.165) is 18.7 Å². The second-order valence-electron chi connectivity index (χ2n) is 6.77. The zero-order valence-corrected chi connectivity index (χ0v) is 14.5. The van der Waals surface area contributed by atoms with E-state index in [0.29, 0.717) is 17.6 Å². The number of aliphatic hydroxyl groups is 1. The Labute approximate surface area is 146 Å². The van der Waals surface area contributed by atoms with Gasteiger partial charge in [0, 0.05) is 5.92 Å². The predicted octanol–water partition coefficient (Wildman–Crippen LogP) is 2.59. The van der Waals surface area contributed by atoms with Crippen molar-refractivity contribution in [1.82, 2.24) is 20.8 Å². The average molecular weight is 348 g/mol. The molecule has 2 aromatic rings. The fraction of sp³-hybridized carbons (Fsp3) is 0.588. The Balaban J connectivity index is 1.50. The van der Waals surface area contributed by atoms with Crippen LogP contribution in [0.1, 0.15) is 69.0 Å². The number of nitrogens with zero attached hydrogens (tertiary/aromatic N) is 2. The van der Waals surface area contributed by atoms with Gasteiger partial charge in [-0.15, -0.1) is 0 Å². The molecule has 2 heterocycles. The van der Waals surface area contributed by atoms with Gasteiger partial charge in [0.2, 0.25) is 5.89 Å². The van der Waals surface area contributed by atoms with Crippen LogP contribution in [-0.2, 0) is 5.60 Å². The number of furan rings is 1. The highest BCUT2D eigenvalue weighted by Gasteiger charge is 2.28. The molecule has 25 heavy (non-hydrogen) atoms. The van der Waals surface area contributed by atoms with Gasteiger partial charge in [-0.05, 0) is 38.8 Å². The quantitative estimate of drug-likeness (QED) is 0.739. The first kappa shape index (κ1) is 17.5. The van der Waals surface area contributed by atoms with E-state index in [1.54, 1.807) is 26.0 Å². The maximum atomic E-state index is 12.1. The van der Waals surface area contributed by atoms with Gasteiger partial charge < -0.3 is 24.7 Å². The molecular weight excluding hydrogens is 324 g/mol. The van der Waals surface area contributed by atoms with Crippen molar-refractivity contribution in [3.63, 3.8) is 0 Å². The molecule has 2 atom stereocenters. The SMILES string of the molecule is C[C@@H](NC(=O)NC[C@](C)(O)c1ccco1)c1nc(C2CCCC2)no1. The lowest BCUT2D eigenvalue weighted by Crippen LogP contribution is -2.44. The van der Waals surface area contributed by atoms with Crippen molar-refractivity contribution in [2.24, 2.45) is 0 Å². The lowest BCUT2D eigenvalue weighted by atomic mass is 10.0. The third-order valence-electron chi connectivity index (χ3n) is 4.54. The van der Waals surface area contributed by atoms with Crippen molar-refractivity contribution in [3.05, 3.63) is 35.9 Å². The molecule has 0 spiro atoms. The lowest BCUT2D eigenvalue weighted by Gasteiger charge is -2.21. The molecule has 3 rings (SSSR count). The van der Waals surface area contributed by atoms with Crippen LogP contribution < -0.4 is 10.6 Å². The molecule has 0 unspecified atom stereocenters. The summed E-state index contributed by atoms with van der Waals surface area (Å²) in [7, 11) is 0. The van der Waals surface area contributed by atoms with Gasteiger partial charge >= 0.3 is 6.03 Å². The first-order valence-electron chi connectivity index (χ1n) is 8.60. The van der Waals surface area contributed by atoms with Gasteiger partial charge in [0.25, 0.3) is 0 Å². The minimum Gasteiger partial charge on any atom is -0.466 e. The Morgan fingerprint density at radius 2 is 2.24 bits per heavy atom. The number of rotatable bonds is 6. The lowest BCUT2D eigenvalue weighted by molar-refractivity contribution is 0.0366. The summed E-state index contributed by atoms with van der Waals surface area (Å²) in [5, 5.41) is 19.7. The van der Waals surface area contributed by atoms with Crippen LogP contribution in [0.2, 0.25) is 0 Å². The second kappa shape index (κ2) is 7.26. The number of carbonyl (C=O) groups is 1. The smallest absolute Gasteiger partial charge is 0.315 e. The number of carbonyl (C=O) groups excluding carboxylic acids is 1. The summed E-state index contributed by atoms with van der Waals surface area (Å²) in [5.74, 6) is 1.86. The summed E-state index contributed by atoms with van der Waals surface area (Å²) in [6.45, 7) is 3.36. The van der Waals surface area contributed by atoms with E-state index in [9.17, 15) is 9.90 Å². The van der Waals surface area contributed by atoms with Crippen molar-refractivity contribution >= 4 is 6.03 Å². The average Bonchev–Trinajstić information content (AvgIpc) is 3.34. The van der Waals surface area contributed by atoms with Crippen molar-refractivity contribution in [1.29, 1.82) is 0 Å². The molecule has 1 aliphatic rings. The Morgan fingerprint density at radius 1 is 1.48 bits per heavy atom.